The third-order valence-electron chi connectivity index (χ3n) is 4.94. The third-order valence-corrected chi connectivity index (χ3v) is 5.81. The Hall–Kier alpha value is -3.83. The molecule has 4 N–H and O–H groups in total. The lowest BCUT2D eigenvalue weighted by atomic mass is 10.1. The summed E-state index contributed by atoms with van der Waals surface area (Å²) < 4.78 is 31.0. The van der Waals surface area contributed by atoms with E-state index in [2.05, 4.69) is 30.3 Å². The molecule has 0 spiro atoms. The second kappa shape index (κ2) is 9.80. The molecule has 10 nitrogen and oxygen atoms in total. The number of carbonyl (C=O) groups excluding carboxylic acids is 1. The van der Waals surface area contributed by atoms with Crippen molar-refractivity contribution in [1.29, 1.82) is 0 Å². The molecule has 35 heavy (non-hydrogen) atoms. The number of sulfonamides is 1. The highest BCUT2D eigenvalue weighted by atomic mass is 35.5. The summed E-state index contributed by atoms with van der Waals surface area (Å²) in [7, 11) is -3.48. The molecule has 0 atom stereocenters. The second-order valence-electron chi connectivity index (χ2n) is 7.67. The number of nitrogens with one attached hydrogen (secondary N) is 4. The minimum atomic E-state index is -3.48. The number of carbonyl (C=O) groups is 1. The van der Waals surface area contributed by atoms with Gasteiger partial charge in [0, 0.05) is 22.3 Å². The van der Waals surface area contributed by atoms with E-state index in [4.69, 9.17) is 16.3 Å². The van der Waals surface area contributed by atoms with E-state index in [0.717, 1.165) is 17.2 Å². The number of aromatic amines is 1. The summed E-state index contributed by atoms with van der Waals surface area (Å²) in [4.78, 5) is 24.2. The highest BCUT2D eigenvalue weighted by Crippen LogP contribution is 2.30. The van der Waals surface area contributed by atoms with Crippen molar-refractivity contribution in [3.8, 4) is 0 Å². The fourth-order valence-electron chi connectivity index (χ4n) is 3.53. The summed E-state index contributed by atoms with van der Waals surface area (Å²) in [6.45, 7) is 3.87. The first-order valence-electron chi connectivity index (χ1n) is 10.6. The van der Waals surface area contributed by atoms with Crippen molar-refractivity contribution in [3.63, 3.8) is 0 Å². The lowest BCUT2D eigenvalue weighted by Gasteiger charge is -2.14. The topological polar surface area (TPSA) is 138 Å². The number of benzene rings is 2. The number of halogens is 1. The highest BCUT2D eigenvalue weighted by molar-refractivity contribution is 7.92. The average Bonchev–Trinajstić information content (AvgIpc) is 3.11. The molecule has 0 aliphatic rings. The maximum Gasteiger partial charge on any atom is 0.340 e. The number of fused-ring (bicyclic) bond motifs is 1. The van der Waals surface area contributed by atoms with Crippen molar-refractivity contribution >= 4 is 67.3 Å². The molecule has 4 rings (SSSR count). The van der Waals surface area contributed by atoms with E-state index in [0.29, 0.717) is 34.9 Å². The highest BCUT2D eigenvalue weighted by Gasteiger charge is 2.17. The van der Waals surface area contributed by atoms with Crippen LogP contribution in [0.1, 0.15) is 23.0 Å². The van der Waals surface area contributed by atoms with Gasteiger partial charge in [0.25, 0.3) is 0 Å². The van der Waals surface area contributed by atoms with Gasteiger partial charge in [0.05, 0.1) is 36.0 Å². The van der Waals surface area contributed by atoms with E-state index < -0.39 is 10.0 Å². The maximum atomic E-state index is 12.3. The molecule has 0 aliphatic heterocycles. The lowest BCUT2D eigenvalue weighted by Crippen LogP contribution is -2.11. The molecule has 0 saturated carbocycles. The van der Waals surface area contributed by atoms with Crippen LogP contribution in [0, 0.1) is 6.92 Å². The number of hydrogen-bond donors (Lipinski definition) is 4. The number of para-hydroxylation sites is 2. The predicted octanol–water partition coefficient (Wildman–Crippen LogP) is 4.96. The zero-order valence-electron chi connectivity index (χ0n) is 19.1. The first-order valence-corrected chi connectivity index (χ1v) is 12.8. The van der Waals surface area contributed by atoms with Crippen molar-refractivity contribution < 1.29 is 17.9 Å². The van der Waals surface area contributed by atoms with E-state index >= 15 is 0 Å². The van der Waals surface area contributed by atoms with Gasteiger partial charge in [0.1, 0.15) is 5.02 Å². The van der Waals surface area contributed by atoms with E-state index in [1.165, 1.54) is 6.20 Å². The Morgan fingerprint density at radius 2 is 1.89 bits per heavy atom. The fourth-order valence-corrected chi connectivity index (χ4v) is 4.24. The van der Waals surface area contributed by atoms with Crippen LogP contribution in [0.15, 0.2) is 48.7 Å². The number of aryl methyl sites for hydroxylation is 1. The predicted molar refractivity (Wildman–Crippen MR) is 138 cm³/mol. The minimum absolute atomic E-state index is 0.249. The Labute approximate surface area is 207 Å². The van der Waals surface area contributed by atoms with Crippen LogP contribution in [-0.2, 0) is 14.8 Å². The van der Waals surface area contributed by atoms with Gasteiger partial charge in [-0.2, -0.15) is 4.98 Å². The van der Waals surface area contributed by atoms with Crippen molar-refractivity contribution in [2.45, 2.75) is 13.8 Å². The van der Waals surface area contributed by atoms with Gasteiger partial charge in [-0.3, -0.25) is 4.72 Å². The number of anilines is 5. The molecule has 2 heterocycles. The first-order chi connectivity index (χ1) is 16.6. The molecule has 0 radical (unpaired) electrons. The third kappa shape index (κ3) is 5.64. The molecule has 12 heteroatoms. The van der Waals surface area contributed by atoms with Crippen LogP contribution in [0.4, 0.5) is 28.8 Å². The largest absolute Gasteiger partial charge is 0.462 e. The molecule has 0 fully saturated rings. The number of ether oxygens (including phenoxy) is 1. The van der Waals surface area contributed by atoms with Gasteiger partial charge in [-0.05, 0) is 44.2 Å². The summed E-state index contributed by atoms with van der Waals surface area (Å²) in [6.07, 6.45) is 2.50. The number of rotatable bonds is 8. The van der Waals surface area contributed by atoms with Crippen molar-refractivity contribution in [1.82, 2.24) is 15.0 Å². The Bertz CT molecular complexity index is 1520. The molecule has 2 aromatic carbocycles. The molecular weight excluding hydrogens is 492 g/mol. The fraction of sp³-hybridized carbons (Fsp3) is 0.174. The Morgan fingerprint density at radius 1 is 1.14 bits per heavy atom. The van der Waals surface area contributed by atoms with Gasteiger partial charge in [-0.1, -0.05) is 23.7 Å². The van der Waals surface area contributed by atoms with Gasteiger partial charge in [0.15, 0.2) is 5.82 Å². The molecule has 4 aromatic rings. The number of aromatic nitrogens is 3. The van der Waals surface area contributed by atoms with Crippen LogP contribution in [0.5, 0.6) is 0 Å². The van der Waals surface area contributed by atoms with Crippen molar-refractivity contribution in [2.24, 2.45) is 0 Å². The van der Waals surface area contributed by atoms with Crippen LogP contribution >= 0.6 is 11.6 Å². The molecule has 2 aromatic heterocycles. The van der Waals surface area contributed by atoms with Gasteiger partial charge in [0.2, 0.25) is 16.0 Å². The molecule has 0 amide bonds. The molecular formula is C23H23ClN6O4S. The van der Waals surface area contributed by atoms with Crippen LogP contribution in [-0.4, -0.2) is 42.2 Å². The summed E-state index contributed by atoms with van der Waals surface area (Å²) in [6, 6.07) is 12.2. The Balaban J connectivity index is 1.60. The summed E-state index contributed by atoms with van der Waals surface area (Å²) in [5.74, 6) is 0.173. The summed E-state index contributed by atoms with van der Waals surface area (Å²) in [5.41, 5.74) is 3.48. The van der Waals surface area contributed by atoms with Crippen LogP contribution < -0.4 is 15.4 Å². The number of nitrogens with zero attached hydrogens (tertiary/aromatic N) is 2. The van der Waals surface area contributed by atoms with E-state index in [1.54, 1.807) is 37.3 Å². The summed E-state index contributed by atoms with van der Waals surface area (Å²) >= 11 is 6.29. The van der Waals surface area contributed by atoms with Gasteiger partial charge >= 0.3 is 5.97 Å². The van der Waals surface area contributed by atoms with Gasteiger partial charge in [-0.25, -0.2) is 18.2 Å². The quantitative estimate of drug-likeness (QED) is 0.242. The maximum absolute atomic E-state index is 12.3. The SMILES string of the molecule is CCOC(=O)c1c(C)[nH]c2cc(Nc3ncc(Cl)c(Nc4ccccc4NS(C)(=O)=O)n3)ccc12. The summed E-state index contributed by atoms with van der Waals surface area (Å²) in [5, 5.41) is 7.16. The smallest absolute Gasteiger partial charge is 0.340 e. The number of H-pyrrole nitrogens is 1. The van der Waals surface area contributed by atoms with E-state index in [1.807, 2.05) is 19.1 Å². The molecule has 0 aliphatic carbocycles. The number of hydrogen-bond acceptors (Lipinski definition) is 8. The standard InChI is InChI=1S/C23H23ClN6O4S/c1-4-34-22(31)20-13(2)26-19-11-14(9-10-15(19)20)27-23-25-12-16(24)21(29-23)28-17-7-5-6-8-18(17)30-35(3,32)33/h5-12,26,30H,4H2,1-3H3,(H2,25,27,28,29). The van der Waals surface area contributed by atoms with Crippen LogP contribution in [0.2, 0.25) is 5.02 Å². The zero-order valence-corrected chi connectivity index (χ0v) is 20.7. The van der Waals surface area contributed by atoms with E-state index in [9.17, 15) is 13.2 Å². The molecule has 182 valence electrons. The van der Waals surface area contributed by atoms with E-state index in [-0.39, 0.29) is 22.8 Å². The minimum Gasteiger partial charge on any atom is -0.462 e. The average molecular weight is 515 g/mol. The Morgan fingerprint density at radius 3 is 2.60 bits per heavy atom. The first kappa shape index (κ1) is 24.3. The van der Waals surface area contributed by atoms with Crippen molar-refractivity contribution in [2.75, 3.05) is 28.2 Å². The molecule has 0 saturated heterocycles. The van der Waals surface area contributed by atoms with Crippen molar-refractivity contribution in [3.05, 3.63) is 64.9 Å². The van der Waals surface area contributed by atoms with Crippen LogP contribution in [0.25, 0.3) is 10.9 Å². The molecule has 0 unspecified atom stereocenters. The van der Waals surface area contributed by atoms with Gasteiger partial charge < -0.3 is 20.4 Å². The Kier molecular flexibility index (Phi) is 6.81. The monoisotopic (exact) mass is 514 g/mol. The zero-order chi connectivity index (χ0) is 25.2. The molecule has 0 bridgehead atoms. The number of esters is 1. The second-order valence-corrected chi connectivity index (χ2v) is 9.82. The normalized spacial score (nSPS) is 11.3. The van der Waals surface area contributed by atoms with Gasteiger partial charge in [-0.15, -0.1) is 0 Å². The van der Waals surface area contributed by atoms with Crippen LogP contribution in [0.3, 0.4) is 0 Å². The lowest BCUT2D eigenvalue weighted by molar-refractivity contribution is 0.0528.